The molecule has 0 radical (unpaired) electrons. The highest BCUT2D eigenvalue weighted by Crippen LogP contribution is 2.33. The molecule has 0 aromatic heterocycles. The van der Waals surface area contributed by atoms with Crippen LogP contribution in [0.3, 0.4) is 0 Å². The molecule has 1 unspecified atom stereocenters. The van der Waals surface area contributed by atoms with Crippen LogP contribution in [0, 0.1) is 11.6 Å². The summed E-state index contributed by atoms with van der Waals surface area (Å²) < 4.78 is 31.5. The third-order valence-electron chi connectivity index (χ3n) is 4.39. The number of carbonyl (C=O) groups is 1. The first-order valence-corrected chi connectivity index (χ1v) is 8.19. The number of amides is 1. The lowest BCUT2D eigenvalue weighted by Gasteiger charge is -2.24. The number of rotatable bonds is 5. The normalized spacial score (nSPS) is 17.5. The summed E-state index contributed by atoms with van der Waals surface area (Å²) in [4.78, 5) is 14.4. The Morgan fingerprint density at radius 2 is 2.08 bits per heavy atom. The topological polar surface area (TPSA) is 41.6 Å². The van der Waals surface area contributed by atoms with Crippen LogP contribution in [-0.4, -0.2) is 31.0 Å². The number of hydrogen-bond donors (Lipinski definition) is 1. The lowest BCUT2D eigenvalue weighted by molar-refractivity contribution is -0.117. The second-order valence-electron chi connectivity index (χ2n) is 6.08. The zero-order valence-corrected chi connectivity index (χ0v) is 14.0. The van der Waals surface area contributed by atoms with Gasteiger partial charge in [-0.1, -0.05) is 12.1 Å². The first kappa shape index (κ1) is 17.4. The average Bonchev–Trinajstić information content (AvgIpc) is 3.06. The monoisotopic (exact) mass is 346 g/mol. The Hall–Kier alpha value is -2.47. The van der Waals surface area contributed by atoms with Crippen LogP contribution < -0.4 is 10.1 Å². The van der Waals surface area contributed by atoms with E-state index in [1.165, 1.54) is 6.07 Å². The molecule has 25 heavy (non-hydrogen) atoms. The number of nitrogens with one attached hydrogen (secondary N) is 1. The number of benzene rings is 2. The molecule has 1 aliphatic rings. The number of methoxy groups -OCH3 is 1. The third kappa shape index (κ3) is 4.14. The predicted octanol–water partition coefficient (Wildman–Crippen LogP) is 3.75. The van der Waals surface area contributed by atoms with Crippen molar-refractivity contribution < 1.29 is 18.3 Å². The minimum absolute atomic E-state index is 0.144. The van der Waals surface area contributed by atoms with Crippen molar-refractivity contribution in [3.05, 3.63) is 59.7 Å². The largest absolute Gasteiger partial charge is 0.497 e. The molecule has 2 aromatic carbocycles. The Kier molecular flexibility index (Phi) is 5.28. The van der Waals surface area contributed by atoms with Crippen LogP contribution in [0.4, 0.5) is 14.5 Å². The van der Waals surface area contributed by atoms with Crippen LogP contribution in [0.5, 0.6) is 5.75 Å². The molecule has 0 spiro atoms. The van der Waals surface area contributed by atoms with Crippen molar-refractivity contribution in [2.24, 2.45) is 0 Å². The molecule has 132 valence electrons. The van der Waals surface area contributed by atoms with Crippen LogP contribution in [0.15, 0.2) is 42.5 Å². The minimum Gasteiger partial charge on any atom is -0.497 e. The van der Waals surface area contributed by atoms with E-state index in [4.69, 9.17) is 4.74 Å². The number of likely N-dealkylation sites (tertiary alicyclic amines) is 1. The van der Waals surface area contributed by atoms with Gasteiger partial charge in [-0.25, -0.2) is 8.78 Å². The smallest absolute Gasteiger partial charge is 0.238 e. The average molecular weight is 346 g/mol. The number of carbonyl (C=O) groups excluding carboxylic acids is 1. The van der Waals surface area contributed by atoms with Crippen LogP contribution in [0.25, 0.3) is 0 Å². The van der Waals surface area contributed by atoms with Crippen molar-refractivity contribution in [3.8, 4) is 5.75 Å². The van der Waals surface area contributed by atoms with Crippen LogP contribution in [0.1, 0.15) is 24.4 Å². The van der Waals surface area contributed by atoms with Crippen LogP contribution >= 0.6 is 0 Å². The molecule has 0 saturated carbocycles. The summed E-state index contributed by atoms with van der Waals surface area (Å²) in [6, 6.07) is 11.3. The Morgan fingerprint density at radius 3 is 2.84 bits per heavy atom. The predicted molar refractivity (Wildman–Crippen MR) is 91.5 cm³/mol. The zero-order valence-electron chi connectivity index (χ0n) is 14.0. The van der Waals surface area contributed by atoms with Gasteiger partial charge in [-0.15, -0.1) is 0 Å². The molecule has 1 aliphatic heterocycles. The van der Waals surface area contributed by atoms with E-state index < -0.39 is 11.6 Å². The molecule has 3 rings (SSSR count). The Balaban J connectivity index is 1.66. The van der Waals surface area contributed by atoms with Gasteiger partial charge in [0.05, 0.1) is 13.7 Å². The van der Waals surface area contributed by atoms with Crippen LogP contribution in [-0.2, 0) is 4.79 Å². The second-order valence-corrected chi connectivity index (χ2v) is 6.08. The summed E-state index contributed by atoms with van der Waals surface area (Å²) in [5.41, 5.74) is 1.36. The summed E-state index contributed by atoms with van der Waals surface area (Å²) in [7, 11) is 1.63. The molecule has 1 amide bonds. The van der Waals surface area contributed by atoms with Crippen molar-refractivity contribution in [3.63, 3.8) is 0 Å². The van der Waals surface area contributed by atoms with Gasteiger partial charge >= 0.3 is 0 Å². The van der Waals surface area contributed by atoms with E-state index in [1.807, 2.05) is 24.3 Å². The Labute approximate surface area is 145 Å². The van der Waals surface area contributed by atoms with E-state index >= 15 is 0 Å². The van der Waals surface area contributed by atoms with E-state index in [0.717, 1.165) is 42.8 Å². The molecular weight excluding hydrogens is 326 g/mol. The van der Waals surface area contributed by atoms with Crippen molar-refractivity contribution in [1.29, 1.82) is 0 Å². The van der Waals surface area contributed by atoms with Gasteiger partial charge in [0.2, 0.25) is 5.91 Å². The van der Waals surface area contributed by atoms with Gasteiger partial charge in [0.15, 0.2) is 11.6 Å². The van der Waals surface area contributed by atoms with Crippen molar-refractivity contribution in [2.45, 2.75) is 18.9 Å². The second kappa shape index (κ2) is 7.61. The maximum atomic E-state index is 13.2. The quantitative estimate of drug-likeness (QED) is 0.896. The number of halogens is 2. The maximum absolute atomic E-state index is 13.2. The Morgan fingerprint density at radius 1 is 1.24 bits per heavy atom. The fourth-order valence-corrected chi connectivity index (χ4v) is 3.20. The van der Waals surface area contributed by atoms with Gasteiger partial charge in [-0.3, -0.25) is 9.69 Å². The van der Waals surface area contributed by atoms with E-state index in [9.17, 15) is 13.6 Å². The molecule has 1 saturated heterocycles. The fourth-order valence-electron chi connectivity index (χ4n) is 3.20. The molecule has 0 bridgehead atoms. The molecular formula is C19H20F2N2O2. The number of hydrogen-bond acceptors (Lipinski definition) is 3. The van der Waals surface area contributed by atoms with Gasteiger partial charge in [-0.2, -0.15) is 0 Å². The highest BCUT2D eigenvalue weighted by Gasteiger charge is 2.27. The standard InChI is InChI=1S/C19H20F2N2O2/c1-25-15-5-2-4-13(10-15)18-6-3-9-23(18)12-19(24)22-14-7-8-16(20)17(21)11-14/h2,4-5,7-8,10-11,18H,3,6,9,12H2,1H3,(H,22,24). The molecule has 0 aliphatic carbocycles. The summed E-state index contributed by atoms with van der Waals surface area (Å²) in [5.74, 6) is -1.37. The lowest BCUT2D eigenvalue weighted by Crippen LogP contribution is -2.33. The molecule has 4 nitrogen and oxygen atoms in total. The summed E-state index contributed by atoms with van der Waals surface area (Å²) >= 11 is 0. The fraction of sp³-hybridized carbons (Fsp3) is 0.316. The number of nitrogens with zero attached hydrogens (tertiary/aromatic N) is 1. The lowest BCUT2D eigenvalue weighted by atomic mass is 10.0. The Bertz CT molecular complexity index is 767. The van der Waals surface area contributed by atoms with Gasteiger partial charge in [0.1, 0.15) is 5.75 Å². The van der Waals surface area contributed by atoms with E-state index in [2.05, 4.69) is 10.2 Å². The summed E-state index contributed by atoms with van der Waals surface area (Å²) in [6.07, 6.45) is 1.96. The molecule has 1 atom stereocenters. The van der Waals surface area contributed by atoms with Crippen molar-refractivity contribution >= 4 is 11.6 Å². The van der Waals surface area contributed by atoms with E-state index in [-0.39, 0.29) is 24.2 Å². The molecule has 1 fully saturated rings. The third-order valence-corrected chi connectivity index (χ3v) is 4.39. The highest BCUT2D eigenvalue weighted by atomic mass is 19.2. The number of anilines is 1. The molecule has 6 heteroatoms. The molecule has 2 aromatic rings. The highest BCUT2D eigenvalue weighted by molar-refractivity contribution is 5.92. The first-order valence-electron chi connectivity index (χ1n) is 8.19. The van der Waals surface area contributed by atoms with E-state index in [1.54, 1.807) is 7.11 Å². The minimum atomic E-state index is -0.978. The first-order chi connectivity index (χ1) is 12.1. The van der Waals surface area contributed by atoms with Gasteiger partial charge < -0.3 is 10.1 Å². The van der Waals surface area contributed by atoms with Gasteiger partial charge in [-0.05, 0) is 49.2 Å². The summed E-state index contributed by atoms with van der Waals surface area (Å²) in [5, 5.41) is 2.62. The van der Waals surface area contributed by atoms with Gasteiger partial charge in [0.25, 0.3) is 0 Å². The van der Waals surface area contributed by atoms with Crippen molar-refractivity contribution in [1.82, 2.24) is 4.90 Å². The maximum Gasteiger partial charge on any atom is 0.238 e. The number of ether oxygens (including phenoxy) is 1. The van der Waals surface area contributed by atoms with Gasteiger partial charge in [0, 0.05) is 17.8 Å². The van der Waals surface area contributed by atoms with E-state index in [0.29, 0.717) is 0 Å². The molecule has 1 heterocycles. The van der Waals surface area contributed by atoms with Crippen molar-refractivity contribution in [2.75, 3.05) is 25.5 Å². The summed E-state index contributed by atoms with van der Waals surface area (Å²) in [6.45, 7) is 1.01. The molecule has 1 N–H and O–H groups in total. The SMILES string of the molecule is COc1cccc(C2CCCN2CC(=O)Nc2ccc(F)c(F)c2)c1. The zero-order chi connectivity index (χ0) is 17.8. The van der Waals surface area contributed by atoms with Crippen LogP contribution in [0.2, 0.25) is 0 Å².